The highest BCUT2D eigenvalue weighted by molar-refractivity contribution is 7.99. The quantitative estimate of drug-likeness (QED) is 0.377. The van der Waals surface area contributed by atoms with Crippen molar-refractivity contribution in [2.75, 3.05) is 5.75 Å². The number of benzene rings is 1. The van der Waals surface area contributed by atoms with Crippen LogP contribution in [0.4, 0.5) is 17.6 Å². The summed E-state index contributed by atoms with van der Waals surface area (Å²) in [5.74, 6) is -1.56. The van der Waals surface area contributed by atoms with Gasteiger partial charge < -0.3 is 5.11 Å². The van der Waals surface area contributed by atoms with Gasteiger partial charge in [0, 0.05) is 23.9 Å². The van der Waals surface area contributed by atoms with Crippen molar-refractivity contribution < 1.29 is 27.5 Å². The highest BCUT2D eigenvalue weighted by Crippen LogP contribution is 2.32. The number of rotatable bonds is 7. The minimum atomic E-state index is -4.94. The lowest BCUT2D eigenvalue weighted by atomic mass is 10.2. The fourth-order valence-corrected chi connectivity index (χ4v) is 4.10. The lowest BCUT2D eigenvalue weighted by Crippen LogP contribution is -2.43. The third-order valence-electron chi connectivity index (χ3n) is 4.25. The van der Waals surface area contributed by atoms with Gasteiger partial charge in [-0.2, -0.15) is 13.2 Å². The van der Waals surface area contributed by atoms with E-state index in [-0.39, 0.29) is 16.0 Å². The van der Waals surface area contributed by atoms with Crippen molar-refractivity contribution in [2.45, 2.75) is 37.3 Å². The summed E-state index contributed by atoms with van der Waals surface area (Å²) in [6.45, 7) is 0.910. The van der Waals surface area contributed by atoms with Gasteiger partial charge in [0.2, 0.25) is 0 Å². The molecule has 0 aliphatic carbocycles. The smallest absolute Gasteiger partial charge is 0.432 e. The molecule has 0 radical (unpaired) electrons. The van der Waals surface area contributed by atoms with Crippen molar-refractivity contribution >= 4 is 29.3 Å². The number of hydrogen-bond donors (Lipinski definition) is 1. The van der Waals surface area contributed by atoms with Gasteiger partial charge in [-0.25, -0.2) is 13.8 Å². The van der Waals surface area contributed by atoms with E-state index in [1.54, 1.807) is 0 Å². The second kappa shape index (κ2) is 9.25. The summed E-state index contributed by atoms with van der Waals surface area (Å²) in [4.78, 5) is 35.8. The number of carboxylic acids is 1. The largest absolute Gasteiger partial charge is 0.481 e. The van der Waals surface area contributed by atoms with Gasteiger partial charge in [-0.05, 0) is 37.7 Å². The van der Waals surface area contributed by atoms with Crippen LogP contribution in [0, 0.1) is 12.7 Å². The van der Waals surface area contributed by atoms with Crippen LogP contribution in [-0.2, 0) is 18.0 Å². The Morgan fingerprint density at radius 1 is 1.23 bits per heavy atom. The second-order valence-corrected chi connectivity index (χ2v) is 7.93. The topological polar surface area (TPSA) is 81.3 Å². The number of carboxylic acid groups (broad SMARTS) is 1. The Balaban J connectivity index is 2.51. The van der Waals surface area contributed by atoms with Crippen molar-refractivity contribution in [1.29, 1.82) is 0 Å². The molecular weight excluding hydrogens is 452 g/mol. The first-order valence-electron chi connectivity index (χ1n) is 8.60. The van der Waals surface area contributed by atoms with E-state index < -0.39 is 46.2 Å². The third kappa shape index (κ3) is 5.07. The maximum absolute atomic E-state index is 14.5. The predicted molar refractivity (Wildman–Crippen MR) is 104 cm³/mol. The van der Waals surface area contributed by atoms with Crippen LogP contribution >= 0.6 is 23.4 Å². The average molecular weight is 469 g/mol. The van der Waals surface area contributed by atoms with E-state index in [0.717, 1.165) is 37.9 Å². The van der Waals surface area contributed by atoms with Gasteiger partial charge in [0.1, 0.15) is 11.5 Å². The molecular formula is C18H17ClF4N2O4S. The fourth-order valence-electron chi connectivity index (χ4n) is 2.83. The summed E-state index contributed by atoms with van der Waals surface area (Å²) in [5, 5.41) is 8.62. The van der Waals surface area contributed by atoms with E-state index in [4.69, 9.17) is 16.7 Å². The normalized spacial score (nSPS) is 11.7. The molecule has 2 aromatic rings. The average Bonchev–Trinajstić information content (AvgIpc) is 2.61. The summed E-state index contributed by atoms with van der Waals surface area (Å²) in [5.41, 5.74) is -5.31. The zero-order valence-corrected chi connectivity index (χ0v) is 17.4. The summed E-state index contributed by atoms with van der Waals surface area (Å²) < 4.78 is 54.7. The zero-order valence-electron chi connectivity index (χ0n) is 15.8. The number of thioether (sulfide) groups is 1. The molecule has 6 nitrogen and oxygen atoms in total. The molecule has 0 aliphatic heterocycles. The van der Waals surface area contributed by atoms with E-state index >= 15 is 0 Å². The Labute approximate surface area is 177 Å². The van der Waals surface area contributed by atoms with Gasteiger partial charge in [-0.3, -0.25) is 14.2 Å². The number of aliphatic carboxylic acids is 1. The first-order valence-corrected chi connectivity index (χ1v) is 9.96. The minimum absolute atomic E-state index is 0.00649. The molecule has 0 fully saturated rings. The molecule has 0 amide bonds. The molecule has 30 heavy (non-hydrogen) atoms. The minimum Gasteiger partial charge on any atom is -0.481 e. The molecule has 0 saturated carbocycles. The molecule has 0 unspecified atom stereocenters. The van der Waals surface area contributed by atoms with Crippen LogP contribution in [0.5, 0.6) is 0 Å². The molecule has 1 N–H and O–H groups in total. The standard InChI is InChI=1S/C18H17ClF4N2O4S/c1-9-15(18(21,22)23)24(2)17(29)25(16(9)28)12-8-13(10(19)7-11(12)20)30-6-4-3-5-14(26)27/h7-8H,3-6H2,1-2H3,(H,26,27). The van der Waals surface area contributed by atoms with Gasteiger partial charge >= 0.3 is 17.8 Å². The molecule has 1 aromatic heterocycles. The lowest BCUT2D eigenvalue weighted by molar-refractivity contribution is -0.144. The molecule has 12 heteroatoms. The van der Waals surface area contributed by atoms with Gasteiger partial charge in [0.05, 0.1) is 10.7 Å². The molecule has 0 atom stereocenters. The van der Waals surface area contributed by atoms with E-state index in [2.05, 4.69) is 0 Å². The van der Waals surface area contributed by atoms with Gasteiger partial charge in [0.15, 0.2) is 0 Å². The van der Waals surface area contributed by atoms with Crippen molar-refractivity contribution in [3.63, 3.8) is 0 Å². The van der Waals surface area contributed by atoms with Crippen LogP contribution in [0.2, 0.25) is 5.02 Å². The number of unbranched alkanes of at least 4 members (excludes halogenated alkanes) is 1. The van der Waals surface area contributed by atoms with Crippen LogP contribution in [0.3, 0.4) is 0 Å². The van der Waals surface area contributed by atoms with Crippen molar-refractivity contribution in [2.24, 2.45) is 7.05 Å². The summed E-state index contributed by atoms with van der Waals surface area (Å²) in [6, 6.07) is 1.99. The molecule has 164 valence electrons. The Kier molecular flexibility index (Phi) is 7.40. The maximum Gasteiger partial charge on any atom is 0.432 e. The first-order chi connectivity index (χ1) is 13.9. The number of hydrogen-bond acceptors (Lipinski definition) is 4. The van der Waals surface area contributed by atoms with Crippen LogP contribution in [0.1, 0.15) is 30.5 Å². The maximum atomic E-state index is 14.5. The van der Waals surface area contributed by atoms with Crippen LogP contribution in [-0.4, -0.2) is 26.0 Å². The SMILES string of the molecule is Cc1c(C(F)(F)F)n(C)c(=O)n(-c2cc(SCCCCC(=O)O)c(Cl)cc2F)c1=O. The highest BCUT2D eigenvalue weighted by Gasteiger charge is 2.38. The van der Waals surface area contributed by atoms with Crippen molar-refractivity contribution in [1.82, 2.24) is 9.13 Å². The van der Waals surface area contributed by atoms with E-state index in [9.17, 15) is 31.9 Å². The second-order valence-electron chi connectivity index (χ2n) is 6.39. The molecule has 0 bridgehead atoms. The lowest BCUT2D eigenvalue weighted by Gasteiger charge is -2.17. The van der Waals surface area contributed by atoms with E-state index in [1.165, 1.54) is 0 Å². The highest BCUT2D eigenvalue weighted by atomic mass is 35.5. The third-order valence-corrected chi connectivity index (χ3v) is 5.81. The summed E-state index contributed by atoms with van der Waals surface area (Å²) >= 11 is 7.15. The van der Waals surface area contributed by atoms with E-state index in [1.807, 2.05) is 0 Å². The van der Waals surface area contributed by atoms with Gasteiger partial charge in [0.25, 0.3) is 5.56 Å². The van der Waals surface area contributed by atoms with Gasteiger partial charge in [-0.1, -0.05) is 11.6 Å². The molecule has 1 heterocycles. The van der Waals surface area contributed by atoms with Crippen LogP contribution < -0.4 is 11.2 Å². The predicted octanol–water partition coefficient (Wildman–Crippen LogP) is 4.00. The van der Waals surface area contributed by atoms with E-state index in [0.29, 0.717) is 28.1 Å². The Morgan fingerprint density at radius 2 is 1.87 bits per heavy atom. The van der Waals surface area contributed by atoms with Crippen molar-refractivity contribution in [3.8, 4) is 5.69 Å². The molecule has 0 saturated heterocycles. The Bertz CT molecular complexity index is 1060. The number of aromatic nitrogens is 2. The Hall–Kier alpha value is -2.27. The molecule has 0 aliphatic rings. The van der Waals surface area contributed by atoms with Crippen LogP contribution in [0.15, 0.2) is 26.6 Å². The molecule has 0 spiro atoms. The van der Waals surface area contributed by atoms with Gasteiger partial charge in [-0.15, -0.1) is 11.8 Å². The number of alkyl halides is 3. The number of nitrogens with zero attached hydrogens (tertiary/aromatic N) is 2. The monoisotopic (exact) mass is 468 g/mol. The number of halogens is 5. The van der Waals surface area contributed by atoms with Crippen LogP contribution in [0.25, 0.3) is 5.69 Å². The summed E-state index contributed by atoms with van der Waals surface area (Å²) in [7, 11) is 0.847. The van der Waals surface area contributed by atoms with Crippen molar-refractivity contribution in [3.05, 3.63) is 55.1 Å². The summed E-state index contributed by atoms with van der Waals surface area (Å²) in [6.07, 6.45) is -4.03. The Morgan fingerprint density at radius 3 is 2.43 bits per heavy atom. The first kappa shape index (κ1) is 24.0. The fraction of sp³-hybridized carbons (Fsp3) is 0.389. The molecule has 1 aromatic carbocycles. The zero-order chi connectivity index (χ0) is 22.8. The number of carbonyl (C=O) groups is 1. The molecule has 2 rings (SSSR count).